The molecule has 5 nitrogen and oxygen atoms in total. The zero-order valence-electron chi connectivity index (χ0n) is 18.9. The van der Waals surface area contributed by atoms with Crippen LogP contribution in [0.4, 0.5) is 11.4 Å². The van der Waals surface area contributed by atoms with Crippen molar-refractivity contribution in [1.82, 2.24) is 5.32 Å². The monoisotopic (exact) mass is 409 g/mol. The fourth-order valence-electron chi connectivity index (χ4n) is 3.65. The summed E-state index contributed by atoms with van der Waals surface area (Å²) in [4.78, 5) is 14.9. The van der Waals surface area contributed by atoms with E-state index in [0.29, 0.717) is 24.1 Å². The van der Waals surface area contributed by atoms with Gasteiger partial charge in [0.1, 0.15) is 5.75 Å². The molecule has 2 aromatic carbocycles. The van der Waals surface area contributed by atoms with Gasteiger partial charge in [-0.05, 0) is 81.6 Å². The third-order valence-electron chi connectivity index (χ3n) is 5.02. The molecule has 2 N–H and O–H groups in total. The van der Waals surface area contributed by atoms with Gasteiger partial charge in [0.15, 0.2) is 0 Å². The fraction of sp³-hybridized carbons (Fsp3) is 0.480. The van der Waals surface area contributed by atoms with Crippen molar-refractivity contribution < 1.29 is 9.53 Å². The van der Waals surface area contributed by atoms with Crippen molar-refractivity contribution in [2.75, 3.05) is 29.9 Å². The number of hydrogen-bond acceptors (Lipinski definition) is 4. The lowest BCUT2D eigenvalue weighted by Gasteiger charge is -2.26. The lowest BCUT2D eigenvalue weighted by Crippen LogP contribution is -2.44. The van der Waals surface area contributed by atoms with E-state index in [1.54, 1.807) is 12.1 Å². The number of ether oxygens (including phenoxy) is 1. The van der Waals surface area contributed by atoms with E-state index in [2.05, 4.69) is 62.3 Å². The van der Waals surface area contributed by atoms with Gasteiger partial charge in [-0.25, -0.2) is 0 Å². The highest BCUT2D eigenvalue weighted by Crippen LogP contribution is 2.24. The van der Waals surface area contributed by atoms with Crippen LogP contribution in [0.2, 0.25) is 0 Å². The van der Waals surface area contributed by atoms with Gasteiger partial charge >= 0.3 is 0 Å². The van der Waals surface area contributed by atoms with E-state index in [-0.39, 0.29) is 11.4 Å². The largest absolute Gasteiger partial charge is 0.493 e. The van der Waals surface area contributed by atoms with Crippen LogP contribution < -0.4 is 20.3 Å². The Morgan fingerprint density at radius 3 is 2.37 bits per heavy atom. The molecule has 1 unspecified atom stereocenters. The van der Waals surface area contributed by atoms with Crippen LogP contribution >= 0.6 is 0 Å². The molecule has 0 bridgehead atoms. The Bertz CT molecular complexity index is 823. The Labute approximate surface area is 180 Å². The van der Waals surface area contributed by atoms with E-state index < -0.39 is 0 Å². The molecule has 0 aliphatic carbocycles. The molecule has 0 saturated carbocycles. The maximum absolute atomic E-state index is 12.5. The first kappa shape index (κ1) is 22.2. The number of hydrogen-bond donors (Lipinski definition) is 2. The molecular weight excluding hydrogens is 374 g/mol. The van der Waals surface area contributed by atoms with Crippen LogP contribution in [0.3, 0.4) is 0 Å². The number of nitrogens with one attached hydrogen (secondary N) is 2. The van der Waals surface area contributed by atoms with E-state index in [0.717, 1.165) is 30.9 Å². The molecule has 2 aromatic rings. The molecule has 30 heavy (non-hydrogen) atoms. The van der Waals surface area contributed by atoms with Gasteiger partial charge in [-0.3, -0.25) is 4.79 Å². The first-order chi connectivity index (χ1) is 14.2. The van der Waals surface area contributed by atoms with Gasteiger partial charge in [-0.2, -0.15) is 0 Å². The van der Waals surface area contributed by atoms with E-state index in [1.807, 2.05) is 24.3 Å². The maximum Gasteiger partial charge on any atom is 0.255 e. The van der Waals surface area contributed by atoms with Crippen LogP contribution in [0.5, 0.6) is 5.75 Å². The van der Waals surface area contributed by atoms with Crippen LogP contribution in [-0.2, 0) is 0 Å². The number of carbonyl (C=O) groups excluding carboxylic acids is 1. The van der Waals surface area contributed by atoms with Gasteiger partial charge in [-0.15, -0.1) is 0 Å². The van der Waals surface area contributed by atoms with Crippen molar-refractivity contribution in [2.24, 2.45) is 5.92 Å². The molecule has 1 aliphatic heterocycles. The van der Waals surface area contributed by atoms with Crippen molar-refractivity contribution in [3.63, 3.8) is 0 Å². The second-order valence-corrected chi connectivity index (χ2v) is 9.56. The third-order valence-corrected chi connectivity index (χ3v) is 5.02. The van der Waals surface area contributed by atoms with Gasteiger partial charge in [0, 0.05) is 41.6 Å². The van der Waals surface area contributed by atoms with E-state index >= 15 is 0 Å². The number of anilines is 2. The molecule has 5 heteroatoms. The number of benzene rings is 2. The Kier molecular flexibility index (Phi) is 7.03. The highest BCUT2D eigenvalue weighted by molar-refractivity contribution is 6.04. The Balaban J connectivity index is 1.53. The van der Waals surface area contributed by atoms with Crippen LogP contribution in [0.15, 0.2) is 48.5 Å². The molecule has 1 saturated heterocycles. The zero-order chi connectivity index (χ0) is 21.7. The Morgan fingerprint density at radius 1 is 1.10 bits per heavy atom. The first-order valence-corrected chi connectivity index (χ1v) is 10.9. The number of rotatable bonds is 7. The van der Waals surface area contributed by atoms with Crippen molar-refractivity contribution in [1.29, 1.82) is 0 Å². The van der Waals surface area contributed by atoms with E-state index in [4.69, 9.17) is 4.74 Å². The average molecular weight is 410 g/mol. The topological polar surface area (TPSA) is 53.6 Å². The summed E-state index contributed by atoms with van der Waals surface area (Å²) in [6, 6.07) is 15.9. The standard InChI is InChI=1S/C25H35N3O2/c1-18(2)17-30-23-12-6-19(7-13-23)24(29)26-20-8-10-22(11-9-20)28-15-14-21(16-28)27-25(3,4)5/h6-13,18,21,27H,14-17H2,1-5H3,(H,26,29). The summed E-state index contributed by atoms with van der Waals surface area (Å²) in [5.41, 5.74) is 2.74. The van der Waals surface area contributed by atoms with Crippen molar-refractivity contribution in [3.05, 3.63) is 54.1 Å². The van der Waals surface area contributed by atoms with E-state index in [9.17, 15) is 4.79 Å². The maximum atomic E-state index is 12.5. The quantitative estimate of drug-likeness (QED) is 0.680. The summed E-state index contributed by atoms with van der Waals surface area (Å²) >= 11 is 0. The highest BCUT2D eigenvalue weighted by atomic mass is 16.5. The molecule has 1 aliphatic rings. The lowest BCUT2D eigenvalue weighted by atomic mass is 10.1. The minimum atomic E-state index is -0.117. The molecule has 0 aromatic heterocycles. The molecule has 3 rings (SSSR count). The first-order valence-electron chi connectivity index (χ1n) is 10.9. The molecule has 1 heterocycles. The highest BCUT2D eigenvalue weighted by Gasteiger charge is 2.25. The molecule has 1 fully saturated rings. The normalized spacial score (nSPS) is 16.7. The molecular formula is C25H35N3O2. The fourth-order valence-corrected chi connectivity index (χ4v) is 3.65. The minimum absolute atomic E-state index is 0.117. The van der Waals surface area contributed by atoms with Crippen molar-refractivity contribution in [3.8, 4) is 5.75 Å². The predicted octanol–water partition coefficient (Wildman–Crippen LogP) is 4.94. The summed E-state index contributed by atoms with van der Waals surface area (Å²) in [6.45, 7) is 13.6. The third kappa shape index (κ3) is 6.49. The SMILES string of the molecule is CC(C)COc1ccc(C(=O)Nc2ccc(N3CCC(NC(C)(C)C)C3)cc2)cc1. The van der Waals surface area contributed by atoms with Crippen LogP contribution in [-0.4, -0.2) is 37.2 Å². The number of carbonyl (C=O) groups is 1. The van der Waals surface area contributed by atoms with E-state index in [1.165, 1.54) is 5.69 Å². The Morgan fingerprint density at radius 2 is 1.77 bits per heavy atom. The minimum Gasteiger partial charge on any atom is -0.493 e. The molecule has 0 spiro atoms. The van der Waals surface area contributed by atoms with Gasteiger partial charge in [-0.1, -0.05) is 13.8 Å². The van der Waals surface area contributed by atoms with Crippen LogP contribution in [0.25, 0.3) is 0 Å². The second-order valence-electron chi connectivity index (χ2n) is 9.56. The molecule has 1 amide bonds. The predicted molar refractivity (Wildman–Crippen MR) is 125 cm³/mol. The van der Waals surface area contributed by atoms with Crippen molar-refractivity contribution in [2.45, 2.75) is 52.6 Å². The molecule has 162 valence electrons. The van der Waals surface area contributed by atoms with Gasteiger partial charge in [0.05, 0.1) is 6.61 Å². The number of nitrogens with zero attached hydrogens (tertiary/aromatic N) is 1. The lowest BCUT2D eigenvalue weighted by molar-refractivity contribution is 0.102. The molecule has 0 radical (unpaired) electrons. The number of amides is 1. The summed E-state index contributed by atoms with van der Waals surface area (Å²) < 4.78 is 5.68. The van der Waals surface area contributed by atoms with Crippen LogP contribution in [0.1, 0.15) is 51.4 Å². The second kappa shape index (κ2) is 9.52. The van der Waals surface area contributed by atoms with Gasteiger partial charge in [0.2, 0.25) is 0 Å². The smallest absolute Gasteiger partial charge is 0.255 e. The van der Waals surface area contributed by atoms with Gasteiger partial charge < -0.3 is 20.3 Å². The summed E-state index contributed by atoms with van der Waals surface area (Å²) in [7, 11) is 0. The summed E-state index contributed by atoms with van der Waals surface area (Å²) in [5, 5.41) is 6.66. The summed E-state index contributed by atoms with van der Waals surface area (Å²) in [6.07, 6.45) is 1.15. The average Bonchev–Trinajstić information content (AvgIpc) is 3.14. The Hall–Kier alpha value is -2.53. The van der Waals surface area contributed by atoms with Gasteiger partial charge in [0.25, 0.3) is 5.91 Å². The van der Waals surface area contributed by atoms with Crippen molar-refractivity contribution >= 4 is 17.3 Å². The zero-order valence-corrected chi connectivity index (χ0v) is 18.9. The van der Waals surface area contributed by atoms with Crippen LogP contribution in [0, 0.1) is 5.92 Å². The molecule has 1 atom stereocenters. The summed E-state index contributed by atoms with van der Waals surface area (Å²) in [5.74, 6) is 1.14.